The molecule has 0 atom stereocenters. The van der Waals surface area contributed by atoms with Crippen molar-refractivity contribution in [2.24, 2.45) is 10.9 Å². The first kappa shape index (κ1) is 23.9. The van der Waals surface area contributed by atoms with Crippen molar-refractivity contribution >= 4 is 41.5 Å². The number of guanidine groups is 1. The maximum absolute atomic E-state index is 11.6. The van der Waals surface area contributed by atoms with Crippen LogP contribution in [-0.4, -0.2) is 25.0 Å². The van der Waals surface area contributed by atoms with E-state index < -0.39 is 0 Å². The van der Waals surface area contributed by atoms with E-state index in [1.807, 2.05) is 44.2 Å². The highest BCUT2D eigenvalue weighted by molar-refractivity contribution is 14.0. The number of nitrogens with one attached hydrogen (secondary N) is 3. The fraction of sp³-hybridized carbons (Fsp3) is 0.364. The smallest absolute Gasteiger partial charge is 0.222 e. The Morgan fingerprint density at radius 2 is 1.61 bits per heavy atom. The van der Waals surface area contributed by atoms with Crippen LogP contribution in [0.2, 0.25) is 0 Å². The molecule has 0 heterocycles. The summed E-state index contributed by atoms with van der Waals surface area (Å²) >= 11 is 0. The maximum atomic E-state index is 11.6. The number of benzene rings is 2. The first-order chi connectivity index (χ1) is 13.0. The van der Waals surface area contributed by atoms with Gasteiger partial charge in [0.2, 0.25) is 5.91 Å². The molecule has 152 valence electrons. The summed E-state index contributed by atoms with van der Waals surface area (Å²) in [5, 5.41) is 9.60. The number of rotatable bonds is 8. The van der Waals surface area contributed by atoms with Gasteiger partial charge in [-0.3, -0.25) is 4.79 Å². The van der Waals surface area contributed by atoms with Gasteiger partial charge in [0.05, 0.1) is 6.54 Å². The lowest BCUT2D eigenvalue weighted by molar-refractivity contribution is -0.123. The van der Waals surface area contributed by atoms with Crippen molar-refractivity contribution in [3.05, 3.63) is 65.7 Å². The quantitative estimate of drug-likeness (QED) is 0.222. The number of amides is 1. The summed E-state index contributed by atoms with van der Waals surface area (Å²) in [6, 6.07) is 18.4. The van der Waals surface area contributed by atoms with Gasteiger partial charge in [-0.2, -0.15) is 0 Å². The summed E-state index contributed by atoms with van der Waals surface area (Å²) in [6.07, 6.45) is 0.832. The minimum atomic E-state index is 0. The van der Waals surface area contributed by atoms with Crippen LogP contribution in [0.5, 0.6) is 0 Å². The van der Waals surface area contributed by atoms with E-state index in [1.165, 1.54) is 11.1 Å². The van der Waals surface area contributed by atoms with Crippen molar-refractivity contribution in [1.82, 2.24) is 10.6 Å². The Kier molecular flexibility index (Phi) is 11.2. The van der Waals surface area contributed by atoms with Gasteiger partial charge in [-0.1, -0.05) is 61.9 Å². The van der Waals surface area contributed by atoms with Crippen molar-refractivity contribution < 1.29 is 4.79 Å². The first-order valence-electron chi connectivity index (χ1n) is 9.48. The largest absolute Gasteiger partial charge is 0.356 e. The summed E-state index contributed by atoms with van der Waals surface area (Å²) in [6.45, 7) is 7.85. The van der Waals surface area contributed by atoms with Crippen molar-refractivity contribution in [2.45, 2.75) is 33.7 Å². The molecule has 6 heteroatoms. The number of hydrogen-bond donors (Lipinski definition) is 3. The third-order valence-electron chi connectivity index (χ3n) is 4.05. The molecule has 2 rings (SSSR count). The molecule has 0 aliphatic heterocycles. The Morgan fingerprint density at radius 3 is 2.25 bits per heavy atom. The molecule has 0 radical (unpaired) electrons. The number of carbonyl (C=O) groups excluding carboxylic acids is 1. The number of halogens is 1. The Balaban J connectivity index is 0.00000392. The lowest BCUT2D eigenvalue weighted by Crippen LogP contribution is -2.34. The third kappa shape index (κ3) is 9.21. The highest BCUT2D eigenvalue weighted by Crippen LogP contribution is 2.07. The van der Waals surface area contributed by atoms with Crippen LogP contribution < -0.4 is 16.0 Å². The summed E-state index contributed by atoms with van der Waals surface area (Å²) in [4.78, 5) is 16.3. The van der Waals surface area contributed by atoms with Crippen molar-refractivity contribution in [1.29, 1.82) is 0 Å². The second-order valence-electron chi connectivity index (χ2n) is 6.87. The molecule has 0 aliphatic carbocycles. The van der Waals surface area contributed by atoms with E-state index in [2.05, 4.69) is 52.1 Å². The van der Waals surface area contributed by atoms with E-state index in [-0.39, 0.29) is 35.8 Å². The van der Waals surface area contributed by atoms with Gasteiger partial charge in [0.15, 0.2) is 5.96 Å². The zero-order valence-electron chi connectivity index (χ0n) is 16.9. The highest BCUT2D eigenvalue weighted by Gasteiger charge is 2.05. The third-order valence-corrected chi connectivity index (χ3v) is 4.05. The summed E-state index contributed by atoms with van der Waals surface area (Å²) in [5.41, 5.74) is 3.40. The average molecular weight is 494 g/mol. The summed E-state index contributed by atoms with van der Waals surface area (Å²) < 4.78 is 0. The van der Waals surface area contributed by atoms with Crippen LogP contribution in [0.4, 0.5) is 5.69 Å². The normalized spacial score (nSPS) is 10.9. The number of carbonyl (C=O) groups is 1. The fourth-order valence-electron chi connectivity index (χ4n) is 2.37. The molecule has 28 heavy (non-hydrogen) atoms. The molecule has 0 saturated heterocycles. The van der Waals surface area contributed by atoms with Crippen molar-refractivity contribution in [2.75, 3.05) is 18.4 Å². The van der Waals surface area contributed by atoms with Crippen molar-refractivity contribution in [3.8, 4) is 0 Å². The minimum Gasteiger partial charge on any atom is -0.356 e. The molecule has 1 amide bonds. The molecule has 0 saturated carbocycles. The Bertz CT molecular complexity index is 730. The van der Waals surface area contributed by atoms with E-state index in [0.717, 1.165) is 24.6 Å². The molecule has 0 bridgehead atoms. The molecular formula is C22H31IN4O. The molecule has 2 aromatic carbocycles. The molecule has 0 fully saturated rings. The van der Waals surface area contributed by atoms with Crippen LogP contribution >= 0.6 is 24.0 Å². The molecule has 0 aromatic heterocycles. The van der Waals surface area contributed by atoms with Gasteiger partial charge in [-0.25, -0.2) is 4.99 Å². The highest BCUT2D eigenvalue weighted by atomic mass is 127. The van der Waals surface area contributed by atoms with Crippen LogP contribution in [0.1, 0.15) is 31.4 Å². The molecule has 0 unspecified atom stereocenters. The lowest BCUT2D eigenvalue weighted by atomic mass is 10.1. The van der Waals surface area contributed by atoms with E-state index in [0.29, 0.717) is 13.1 Å². The first-order valence-corrected chi connectivity index (χ1v) is 9.48. The molecule has 0 aliphatic rings. The van der Waals surface area contributed by atoms with E-state index >= 15 is 0 Å². The Hall–Kier alpha value is -2.09. The number of anilines is 1. The maximum Gasteiger partial charge on any atom is 0.222 e. The predicted molar refractivity (Wildman–Crippen MR) is 128 cm³/mol. The van der Waals surface area contributed by atoms with Gasteiger partial charge in [0.1, 0.15) is 0 Å². The van der Waals surface area contributed by atoms with E-state index in [9.17, 15) is 4.79 Å². The minimum absolute atomic E-state index is 0. The van der Waals surface area contributed by atoms with Crippen LogP contribution in [0, 0.1) is 12.8 Å². The number of hydrogen-bond acceptors (Lipinski definition) is 2. The number of para-hydroxylation sites is 1. The lowest BCUT2D eigenvalue weighted by Gasteiger charge is -2.13. The van der Waals surface area contributed by atoms with Gasteiger partial charge in [0, 0.05) is 24.7 Å². The zero-order chi connectivity index (χ0) is 19.5. The number of aryl methyl sites for hydroxylation is 1. The zero-order valence-corrected chi connectivity index (χ0v) is 19.2. The average Bonchev–Trinajstić information content (AvgIpc) is 2.67. The van der Waals surface area contributed by atoms with Gasteiger partial charge in [-0.15, -0.1) is 24.0 Å². The Labute approximate surface area is 185 Å². The second kappa shape index (κ2) is 13.1. The Morgan fingerprint density at radius 1 is 0.964 bits per heavy atom. The molecule has 2 aromatic rings. The summed E-state index contributed by atoms with van der Waals surface area (Å²) in [5.74, 6) is 0.840. The molecule has 5 nitrogen and oxygen atoms in total. The van der Waals surface area contributed by atoms with Gasteiger partial charge < -0.3 is 16.0 Å². The molecule has 0 spiro atoms. The topological polar surface area (TPSA) is 65.5 Å². The van der Waals surface area contributed by atoms with Gasteiger partial charge in [0.25, 0.3) is 0 Å². The van der Waals surface area contributed by atoms with Crippen LogP contribution in [0.25, 0.3) is 0 Å². The van der Waals surface area contributed by atoms with Gasteiger partial charge >= 0.3 is 0 Å². The monoisotopic (exact) mass is 494 g/mol. The van der Waals surface area contributed by atoms with Crippen LogP contribution in [0.3, 0.4) is 0 Å². The molecular weight excluding hydrogens is 463 g/mol. The van der Waals surface area contributed by atoms with E-state index in [4.69, 9.17) is 0 Å². The van der Waals surface area contributed by atoms with Gasteiger partial charge in [-0.05, 0) is 31.0 Å². The summed E-state index contributed by atoms with van der Waals surface area (Å²) in [7, 11) is 0. The fourth-order valence-corrected chi connectivity index (χ4v) is 2.37. The standard InChI is InChI=1S/C22H30N4O.HI/c1-17(2)21(27)23-14-7-15-24-22(26-20-8-5-4-6-9-20)25-16-19-12-10-18(3)11-13-19;/h4-6,8-13,17H,7,14-16H2,1-3H3,(H,23,27)(H2,24,25,26);1H. The number of nitrogens with zero attached hydrogens (tertiary/aromatic N) is 1. The predicted octanol–water partition coefficient (Wildman–Crippen LogP) is 4.33. The van der Waals surface area contributed by atoms with Crippen molar-refractivity contribution in [3.63, 3.8) is 0 Å². The molecule has 3 N–H and O–H groups in total. The van der Waals surface area contributed by atoms with E-state index in [1.54, 1.807) is 0 Å². The SMILES string of the molecule is Cc1ccc(CN=C(NCCCNC(=O)C(C)C)Nc2ccccc2)cc1.I. The van der Waals surface area contributed by atoms with Crippen LogP contribution in [0.15, 0.2) is 59.6 Å². The second-order valence-corrected chi connectivity index (χ2v) is 6.87. The van der Waals surface area contributed by atoms with Crippen LogP contribution in [-0.2, 0) is 11.3 Å². The number of aliphatic imine (C=N–C) groups is 1.